The van der Waals surface area contributed by atoms with Gasteiger partial charge in [0.1, 0.15) is 0 Å². The molecule has 0 aliphatic rings. The van der Waals surface area contributed by atoms with Crippen LogP contribution in [0.4, 0.5) is 0 Å². The second kappa shape index (κ2) is 11.7. The summed E-state index contributed by atoms with van der Waals surface area (Å²) in [4.78, 5) is 15.7. The van der Waals surface area contributed by atoms with Crippen molar-refractivity contribution in [1.82, 2.24) is 19.5 Å². The van der Waals surface area contributed by atoms with E-state index in [4.69, 9.17) is 15.0 Å². The minimum atomic E-state index is 0.585. The lowest BCUT2D eigenvalue weighted by atomic mass is 9.86. The molecule has 11 aromatic rings. The SMILES string of the molecule is c1ccc(-c2nc(-c3ccccc3-c3cc4c5ccccc5c5ccccc5c4c4ccccc34)nc(-n3c4ccccc4c4ccccc43)n2)cc1. The quantitative estimate of drug-likeness (QED) is 0.175. The van der Waals surface area contributed by atoms with Gasteiger partial charge in [0.05, 0.1) is 11.0 Å². The molecule has 0 fully saturated rings. The molecule has 0 saturated carbocycles. The molecule has 0 bridgehead atoms. The number of rotatable bonds is 4. The minimum Gasteiger partial charge on any atom is -0.278 e. The van der Waals surface area contributed by atoms with Gasteiger partial charge >= 0.3 is 0 Å². The van der Waals surface area contributed by atoms with E-state index in [1.807, 2.05) is 18.2 Å². The molecule has 0 amide bonds. The van der Waals surface area contributed by atoms with Crippen LogP contribution in [0.1, 0.15) is 0 Å². The first-order chi connectivity index (χ1) is 26.3. The Hall–Kier alpha value is -7.17. The molecule has 0 spiro atoms. The molecule has 11 rings (SSSR count). The second-order valence-corrected chi connectivity index (χ2v) is 13.5. The van der Waals surface area contributed by atoms with Crippen LogP contribution >= 0.6 is 0 Å². The van der Waals surface area contributed by atoms with Gasteiger partial charge in [-0.3, -0.25) is 4.57 Å². The highest BCUT2D eigenvalue weighted by molar-refractivity contribution is 6.33. The maximum Gasteiger partial charge on any atom is 0.238 e. The molecule has 4 nitrogen and oxygen atoms in total. The lowest BCUT2D eigenvalue weighted by Crippen LogP contribution is -2.06. The predicted molar refractivity (Wildman–Crippen MR) is 220 cm³/mol. The molecule has 0 N–H and O–H groups in total. The summed E-state index contributed by atoms with van der Waals surface area (Å²) >= 11 is 0. The second-order valence-electron chi connectivity index (χ2n) is 13.5. The molecule has 0 aliphatic heterocycles. The first kappa shape index (κ1) is 29.5. The van der Waals surface area contributed by atoms with Crippen molar-refractivity contribution in [1.29, 1.82) is 0 Å². The molecular formula is C49H30N4. The van der Waals surface area contributed by atoms with Crippen LogP contribution < -0.4 is 0 Å². The number of hydrogen-bond acceptors (Lipinski definition) is 3. The average Bonchev–Trinajstić information content (AvgIpc) is 3.58. The van der Waals surface area contributed by atoms with Gasteiger partial charge in [-0.15, -0.1) is 0 Å². The molecule has 2 heterocycles. The van der Waals surface area contributed by atoms with E-state index < -0.39 is 0 Å². The molecule has 0 unspecified atom stereocenters. The molecule has 0 radical (unpaired) electrons. The fourth-order valence-corrected chi connectivity index (χ4v) is 8.34. The standard InChI is InChI=1S/C49H30N4/c1-2-16-31(17-3-1)47-50-48(52-49(51-47)53-44-28-14-12-23-37(44)38-24-13-15-29-45(38)53)41-27-11-8-22-36(41)42-30-43-34-20-5-4-18-32(34)33-19-6-9-25-39(33)46(43)40-26-10-7-21-35(40)42/h1-30H. The number of hydrogen-bond donors (Lipinski definition) is 0. The summed E-state index contributed by atoms with van der Waals surface area (Å²) in [5, 5.41) is 12.3. The van der Waals surface area contributed by atoms with Gasteiger partial charge in [0.15, 0.2) is 11.6 Å². The summed E-state index contributed by atoms with van der Waals surface area (Å²) in [5.41, 5.74) is 6.20. The Morgan fingerprint density at radius 2 is 0.755 bits per heavy atom. The Bertz CT molecular complexity index is 3180. The fourth-order valence-electron chi connectivity index (χ4n) is 8.34. The van der Waals surface area contributed by atoms with Crippen molar-refractivity contribution in [2.75, 3.05) is 0 Å². The minimum absolute atomic E-state index is 0.585. The van der Waals surface area contributed by atoms with Crippen LogP contribution in [-0.2, 0) is 0 Å². The number of aromatic nitrogens is 4. The van der Waals surface area contributed by atoms with E-state index in [1.54, 1.807) is 0 Å². The Kier molecular flexibility index (Phi) is 6.52. The van der Waals surface area contributed by atoms with Crippen molar-refractivity contribution < 1.29 is 0 Å². The van der Waals surface area contributed by atoms with Crippen molar-refractivity contribution in [2.24, 2.45) is 0 Å². The highest BCUT2D eigenvalue weighted by Gasteiger charge is 2.21. The van der Waals surface area contributed by atoms with E-state index >= 15 is 0 Å². The van der Waals surface area contributed by atoms with Gasteiger partial charge in [-0.25, -0.2) is 4.98 Å². The Labute approximate surface area is 305 Å². The van der Waals surface area contributed by atoms with E-state index in [0.717, 1.165) is 44.1 Å². The van der Waals surface area contributed by atoms with Crippen molar-refractivity contribution in [3.8, 4) is 39.9 Å². The van der Waals surface area contributed by atoms with Gasteiger partial charge in [-0.05, 0) is 72.4 Å². The van der Waals surface area contributed by atoms with Gasteiger partial charge in [0.25, 0.3) is 0 Å². The fraction of sp³-hybridized carbons (Fsp3) is 0. The zero-order valence-corrected chi connectivity index (χ0v) is 28.6. The smallest absolute Gasteiger partial charge is 0.238 e. The molecule has 246 valence electrons. The zero-order chi connectivity index (χ0) is 34.9. The largest absolute Gasteiger partial charge is 0.278 e. The van der Waals surface area contributed by atoms with E-state index in [9.17, 15) is 0 Å². The van der Waals surface area contributed by atoms with Crippen molar-refractivity contribution in [3.63, 3.8) is 0 Å². The molecule has 0 atom stereocenters. The summed E-state index contributed by atoms with van der Waals surface area (Å²) in [6, 6.07) is 64.5. The maximum absolute atomic E-state index is 5.33. The van der Waals surface area contributed by atoms with Crippen LogP contribution in [0, 0.1) is 0 Å². The maximum atomic E-state index is 5.33. The number of nitrogens with zero attached hydrogens (tertiary/aromatic N) is 4. The summed E-state index contributed by atoms with van der Waals surface area (Å²) in [6.07, 6.45) is 0. The van der Waals surface area contributed by atoms with Gasteiger partial charge < -0.3 is 0 Å². The van der Waals surface area contributed by atoms with Crippen LogP contribution in [0.15, 0.2) is 182 Å². The number of fused-ring (bicyclic) bond motifs is 11. The van der Waals surface area contributed by atoms with Crippen LogP contribution in [0.25, 0.3) is 105 Å². The highest BCUT2D eigenvalue weighted by atomic mass is 15.2. The molecule has 0 aliphatic carbocycles. The first-order valence-electron chi connectivity index (χ1n) is 18.0. The molecule has 0 saturated heterocycles. The topological polar surface area (TPSA) is 43.6 Å². The van der Waals surface area contributed by atoms with E-state index in [2.05, 4.69) is 168 Å². The zero-order valence-electron chi connectivity index (χ0n) is 28.6. The van der Waals surface area contributed by atoms with Gasteiger partial charge in [-0.2, -0.15) is 9.97 Å². The lowest BCUT2D eigenvalue weighted by molar-refractivity contribution is 0.953. The van der Waals surface area contributed by atoms with Gasteiger partial charge in [-0.1, -0.05) is 164 Å². The van der Waals surface area contributed by atoms with Crippen LogP contribution in [0.2, 0.25) is 0 Å². The average molecular weight is 675 g/mol. The first-order valence-corrected chi connectivity index (χ1v) is 18.0. The third-order valence-electron chi connectivity index (χ3n) is 10.6. The van der Waals surface area contributed by atoms with E-state index in [1.165, 1.54) is 43.1 Å². The van der Waals surface area contributed by atoms with Crippen LogP contribution in [-0.4, -0.2) is 19.5 Å². The molecule has 2 aromatic heterocycles. The van der Waals surface area contributed by atoms with Crippen molar-refractivity contribution in [2.45, 2.75) is 0 Å². The highest BCUT2D eigenvalue weighted by Crippen LogP contribution is 2.44. The Balaban J connectivity index is 1.23. The van der Waals surface area contributed by atoms with Crippen molar-refractivity contribution in [3.05, 3.63) is 182 Å². The Morgan fingerprint density at radius 1 is 0.302 bits per heavy atom. The third-order valence-corrected chi connectivity index (χ3v) is 10.6. The summed E-state index contributed by atoms with van der Waals surface area (Å²) in [5.74, 6) is 1.84. The van der Waals surface area contributed by atoms with Crippen LogP contribution in [0.3, 0.4) is 0 Å². The van der Waals surface area contributed by atoms with Crippen molar-refractivity contribution >= 4 is 64.9 Å². The van der Waals surface area contributed by atoms with E-state index in [-0.39, 0.29) is 0 Å². The summed E-state index contributed by atoms with van der Waals surface area (Å²) in [7, 11) is 0. The molecule has 4 heteroatoms. The third kappa shape index (κ3) is 4.52. The van der Waals surface area contributed by atoms with E-state index in [0.29, 0.717) is 17.6 Å². The molecular weight excluding hydrogens is 645 g/mol. The van der Waals surface area contributed by atoms with Gasteiger partial charge in [0, 0.05) is 21.9 Å². The summed E-state index contributed by atoms with van der Waals surface area (Å²) < 4.78 is 2.17. The molecule has 53 heavy (non-hydrogen) atoms. The molecule has 9 aromatic carbocycles. The lowest BCUT2D eigenvalue weighted by Gasteiger charge is -2.18. The van der Waals surface area contributed by atoms with Crippen LogP contribution in [0.5, 0.6) is 0 Å². The Morgan fingerprint density at radius 3 is 1.42 bits per heavy atom. The summed E-state index contributed by atoms with van der Waals surface area (Å²) in [6.45, 7) is 0. The number of benzene rings is 9. The normalized spacial score (nSPS) is 11.8. The predicted octanol–water partition coefficient (Wildman–Crippen LogP) is 12.6. The van der Waals surface area contributed by atoms with Gasteiger partial charge in [0.2, 0.25) is 5.95 Å². The monoisotopic (exact) mass is 674 g/mol. The number of para-hydroxylation sites is 2.